The van der Waals surface area contributed by atoms with E-state index in [1.165, 1.54) is 31.4 Å². The zero-order valence-electron chi connectivity index (χ0n) is 20.5. The van der Waals surface area contributed by atoms with Crippen molar-refractivity contribution in [2.75, 3.05) is 7.11 Å². The standard InChI is InChI=1S/C27H19F4N3O4S/c1-14-10-18(38-33-14)13-37-22-5-3-4-19(24(22)36-2)27-34(26(35)23-20(30)11-17(29)12-21(23)31)32-25(39-27)15-6-8-16(28)9-7-15/h3-12,27H,13H2,1-2H3. The lowest BCUT2D eigenvalue weighted by atomic mass is 10.1. The topological polar surface area (TPSA) is 77.2 Å². The van der Waals surface area contributed by atoms with E-state index in [1.54, 1.807) is 31.2 Å². The molecular weight excluding hydrogens is 538 g/mol. The maximum Gasteiger partial charge on any atom is 0.281 e. The first-order valence-corrected chi connectivity index (χ1v) is 12.3. The number of ether oxygens (including phenoxy) is 2. The van der Waals surface area contributed by atoms with Crippen LogP contribution in [-0.4, -0.2) is 28.2 Å². The van der Waals surface area contributed by atoms with Crippen LogP contribution >= 0.6 is 11.8 Å². The summed E-state index contributed by atoms with van der Waals surface area (Å²) in [6.07, 6.45) is 0. The maximum absolute atomic E-state index is 14.6. The molecule has 5 rings (SSSR count). The first-order chi connectivity index (χ1) is 18.7. The molecule has 1 aliphatic rings. The quantitative estimate of drug-likeness (QED) is 0.246. The molecule has 7 nitrogen and oxygen atoms in total. The van der Waals surface area contributed by atoms with Crippen LogP contribution in [0.5, 0.6) is 11.5 Å². The van der Waals surface area contributed by atoms with Gasteiger partial charge >= 0.3 is 0 Å². The highest BCUT2D eigenvalue weighted by Gasteiger charge is 2.39. The van der Waals surface area contributed by atoms with E-state index < -0.39 is 40.1 Å². The van der Waals surface area contributed by atoms with Crippen LogP contribution in [-0.2, 0) is 6.61 Å². The Morgan fingerprint density at radius 1 is 1.03 bits per heavy atom. The van der Waals surface area contributed by atoms with Gasteiger partial charge in [0, 0.05) is 29.3 Å². The molecule has 2 heterocycles. The molecule has 39 heavy (non-hydrogen) atoms. The van der Waals surface area contributed by atoms with Crippen LogP contribution in [0, 0.1) is 30.2 Å². The van der Waals surface area contributed by atoms with E-state index in [-0.39, 0.29) is 17.4 Å². The molecule has 0 fully saturated rings. The predicted molar refractivity (Wildman–Crippen MR) is 134 cm³/mol. The zero-order valence-corrected chi connectivity index (χ0v) is 21.3. The number of carbonyl (C=O) groups excluding carboxylic acids is 1. The van der Waals surface area contributed by atoms with Crippen molar-refractivity contribution in [2.45, 2.75) is 18.9 Å². The van der Waals surface area contributed by atoms with Crippen LogP contribution in [0.1, 0.15) is 38.3 Å². The molecule has 1 unspecified atom stereocenters. The van der Waals surface area contributed by atoms with Gasteiger partial charge in [-0.1, -0.05) is 29.1 Å². The van der Waals surface area contributed by atoms with E-state index in [1.807, 2.05) is 0 Å². The minimum absolute atomic E-state index is 0.0322. The molecule has 1 aromatic heterocycles. The molecule has 1 atom stereocenters. The molecule has 0 N–H and O–H groups in total. The molecule has 0 spiro atoms. The number of halogens is 4. The molecule has 1 aliphatic heterocycles. The number of carbonyl (C=O) groups is 1. The van der Waals surface area contributed by atoms with Crippen molar-refractivity contribution >= 4 is 22.7 Å². The third-order valence-corrected chi connectivity index (χ3v) is 6.91. The van der Waals surface area contributed by atoms with Crippen LogP contribution < -0.4 is 9.47 Å². The number of methoxy groups -OCH3 is 1. The summed E-state index contributed by atoms with van der Waals surface area (Å²) in [6.45, 7) is 1.80. The number of nitrogens with zero attached hydrogens (tertiary/aromatic N) is 3. The summed E-state index contributed by atoms with van der Waals surface area (Å²) in [5, 5.41) is 8.32. The number of amides is 1. The third kappa shape index (κ3) is 5.32. The van der Waals surface area contributed by atoms with Crippen LogP contribution in [0.2, 0.25) is 0 Å². The van der Waals surface area contributed by atoms with Gasteiger partial charge in [0.1, 0.15) is 45.9 Å². The van der Waals surface area contributed by atoms with Gasteiger partial charge in [0.25, 0.3) is 5.91 Å². The maximum atomic E-state index is 14.6. The highest BCUT2D eigenvalue weighted by molar-refractivity contribution is 8.14. The molecule has 0 bridgehead atoms. The van der Waals surface area contributed by atoms with Gasteiger partial charge in [-0.2, -0.15) is 5.10 Å². The van der Waals surface area contributed by atoms with Crippen molar-refractivity contribution in [1.29, 1.82) is 0 Å². The second kappa shape index (κ2) is 10.8. The number of hydrogen-bond acceptors (Lipinski definition) is 7. The fourth-order valence-corrected chi connectivity index (χ4v) is 5.12. The minimum atomic E-state index is -1.38. The monoisotopic (exact) mass is 557 g/mol. The second-order valence-corrected chi connectivity index (χ2v) is 9.45. The van der Waals surface area contributed by atoms with Gasteiger partial charge in [0.2, 0.25) is 0 Å². The number of hydrogen-bond donors (Lipinski definition) is 0. The fraction of sp³-hybridized carbons (Fsp3) is 0.148. The van der Waals surface area contributed by atoms with E-state index in [9.17, 15) is 22.4 Å². The molecule has 12 heteroatoms. The number of aromatic nitrogens is 1. The van der Waals surface area contributed by atoms with Gasteiger partial charge < -0.3 is 14.0 Å². The van der Waals surface area contributed by atoms with Crippen molar-refractivity contribution in [1.82, 2.24) is 10.2 Å². The molecule has 3 aromatic carbocycles. The van der Waals surface area contributed by atoms with Gasteiger partial charge in [-0.05, 0) is 37.3 Å². The van der Waals surface area contributed by atoms with E-state index in [4.69, 9.17) is 14.0 Å². The Bertz CT molecular complexity index is 1550. The Labute approximate surface area is 224 Å². The van der Waals surface area contributed by atoms with Gasteiger partial charge in [-0.15, -0.1) is 0 Å². The van der Waals surface area contributed by atoms with Crippen molar-refractivity contribution < 1.29 is 36.4 Å². The lowest BCUT2D eigenvalue weighted by Gasteiger charge is -2.24. The first-order valence-electron chi connectivity index (χ1n) is 11.5. The van der Waals surface area contributed by atoms with E-state index >= 15 is 0 Å². The Kier molecular flexibility index (Phi) is 7.29. The molecule has 0 radical (unpaired) electrons. The summed E-state index contributed by atoms with van der Waals surface area (Å²) in [7, 11) is 1.40. The third-order valence-electron chi connectivity index (χ3n) is 5.69. The Morgan fingerprint density at radius 2 is 1.74 bits per heavy atom. The molecule has 0 saturated heterocycles. The van der Waals surface area contributed by atoms with E-state index in [0.29, 0.717) is 40.5 Å². The molecule has 0 saturated carbocycles. The average Bonchev–Trinajstić information content (AvgIpc) is 3.53. The normalized spacial score (nSPS) is 14.9. The van der Waals surface area contributed by atoms with Crippen LogP contribution in [0.25, 0.3) is 0 Å². The Morgan fingerprint density at radius 3 is 2.38 bits per heavy atom. The minimum Gasteiger partial charge on any atom is -0.492 e. The number of aryl methyl sites for hydroxylation is 1. The Hall–Kier alpha value is -4.32. The second-order valence-electron chi connectivity index (χ2n) is 8.38. The summed E-state index contributed by atoms with van der Waals surface area (Å²) in [6, 6.07) is 12.8. The molecule has 1 amide bonds. The van der Waals surface area contributed by atoms with Gasteiger partial charge in [-0.3, -0.25) is 4.79 Å². The Balaban J connectivity index is 1.55. The number of benzene rings is 3. The van der Waals surface area contributed by atoms with Crippen molar-refractivity contribution in [3.8, 4) is 11.5 Å². The van der Waals surface area contributed by atoms with Crippen molar-refractivity contribution in [2.24, 2.45) is 5.10 Å². The lowest BCUT2D eigenvalue weighted by Crippen LogP contribution is -2.28. The molecule has 200 valence electrons. The summed E-state index contributed by atoms with van der Waals surface area (Å²) < 4.78 is 72.9. The largest absolute Gasteiger partial charge is 0.492 e. The smallest absolute Gasteiger partial charge is 0.281 e. The molecule has 0 aliphatic carbocycles. The van der Waals surface area contributed by atoms with E-state index in [0.717, 1.165) is 16.8 Å². The summed E-state index contributed by atoms with van der Waals surface area (Å²) in [5.74, 6) is -4.54. The van der Waals surface area contributed by atoms with Gasteiger partial charge in [0.15, 0.2) is 17.3 Å². The number of thioether (sulfide) groups is 1. The summed E-state index contributed by atoms with van der Waals surface area (Å²) >= 11 is 1.07. The first kappa shape index (κ1) is 26.3. The van der Waals surface area contributed by atoms with Gasteiger partial charge in [0.05, 0.1) is 12.8 Å². The average molecular weight is 558 g/mol. The zero-order chi connectivity index (χ0) is 27.7. The SMILES string of the molecule is COc1c(OCc2cc(C)no2)cccc1C1SC(c2ccc(F)cc2)=NN1C(=O)c1c(F)cc(F)cc1F. The predicted octanol–water partition coefficient (Wildman–Crippen LogP) is 6.38. The van der Waals surface area contributed by atoms with Crippen molar-refractivity contribution in [3.63, 3.8) is 0 Å². The van der Waals surface area contributed by atoms with Crippen LogP contribution in [0.3, 0.4) is 0 Å². The summed E-state index contributed by atoms with van der Waals surface area (Å²) in [4.78, 5) is 13.5. The lowest BCUT2D eigenvalue weighted by molar-refractivity contribution is 0.0737. The summed E-state index contributed by atoms with van der Waals surface area (Å²) in [5.41, 5.74) is 0.564. The molecule has 4 aromatic rings. The number of rotatable bonds is 7. The van der Waals surface area contributed by atoms with E-state index in [2.05, 4.69) is 10.3 Å². The van der Waals surface area contributed by atoms with Crippen molar-refractivity contribution in [3.05, 3.63) is 112 Å². The number of para-hydroxylation sites is 1. The molecular formula is C27H19F4N3O4S. The van der Waals surface area contributed by atoms with Gasteiger partial charge in [-0.25, -0.2) is 22.6 Å². The number of hydrazone groups is 1. The van der Waals surface area contributed by atoms with Crippen LogP contribution in [0.4, 0.5) is 17.6 Å². The highest BCUT2D eigenvalue weighted by atomic mass is 32.2. The highest BCUT2D eigenvalue weighted by Crippen LogP contribution is 2.48. The van der Waals surface area contributed by atoms with Crippen LogP contribution in [0.15, 0.2) is 70.3 Å². The fourth-order valence-electron chi connectivity index (χ4n) is 3.95.